The van der Waals surface area contributed by atoms with Gasteiger partial charge in [0.2, 0.25) is 0 Å². The lowest BCUT2D eigenvalue weighted by Crippen LogP contribution is -2.05. The van der Waals surface area contributed by atoms with E-state index >= 15 is 0 Å². The van der Waals surface area contributed by atoms with Crippen molar-refractivity contribution in [1.82, 2.24) is 0 Å². The standard InChI is InChI=1S/C51H31N3O3/c52-50(32-15-5-2-6-16-32)54-51(39-22-10-21-38-37-18-7-8-23-41(37)57-49(38)39)53-30-34-17-9-24-43-46(34)40-29-33(27-28-42(40)55-43)36-20-12-26-45-48(36)47-35(19-11-25-44(47)56-45)31-13-3-1-4-14-31/h1-30,52H. The van der Waals surface area contributed by atoms with Crippen LogP contribution in [0, 0.1) is 5.41 Å². The molecule has 3 heterocycles. The monoisotopic (exact) mass is 733 g/mol. The van der Waals surface area contributed by atoms with Crippen LogP contribution >= 0.6 is 0 Å². The summed E-state index contributed by atoms with van der Waals surface area (Å²) >= 11 is 0. The maximum Gasteiger partial charge on any atom is 0.165 e. The van der Waals surface area contributed by atoms with Gasteiger partial charge in [-0.2, -0.15) is 0 Å². The van der Waals surface area contributed by atoms with Crippen LogP contribution in [0.4, 0.5) is 0 Å². The van der Waals surface area contributed by atoms with Crippen molar-refractivity contribution < 1.29 is 13.3 Å². The first-order chi connectivity index (χ1) is 28.2. The summed E-state index contributed by atoms with van der Waals surface area (Å²) in [6.45, 7) is 0. The predicted molar refractivity (Wildman–Crippen MR) is 233 cm³/mol. The van der Waals surface area contributed by atoms with Gasteiger partial charge in [-0.05, 0) is 64.7 Å². The number of nitrogens with zero attached hydrogens (tertiary/aromatic N) is 2. The molecule has 0 spiro atoms. The summed E-state index contributed by atoms with van der Waals surface area (Å²) in [6.07, 6.45) is 1.82. The van der Waals surface area contributed by atoms with Crippen LogP contribution in [-0.2, 0) is 0 Å². The molecule has 0 bridgehead atoms. The van der Waals surface area contributed by atoms with Crippen LogP contribution in [0.5, 0.6) is 0 Å². The Morgan fingerprint density at radius 3 is 1.84 bits per heavy atom. The number of amidine groups is 2. The van der Waals surface area contributed by atoms with Gasteiger partial charge in [-0.25, -0.2) is 9.98 Å². The molecule has 0 atom stereocenters. The van der Waals surface area contributed by atoms with Crippen LogP contribution in [-0.4, -0.2) is 17.9 Å². The minimum atomic E-state index is 0.101. The second-order valence-electron chi connectivity index (χ2n) is 14.0. The highest BCUT2D eigenvalue weighted by Gasteiger charge is 2.19. The van der Waals surface area contributed by atoms with Crippen molar-refractivity contribution in [2.24, 2.45) is 9.98 Å². The molecule has 0 unspecified atom stereocenters. The smallest absolute Gasteiger partial charge is 0.165 e. The van der Waals surface area contributed by atoms with Gasteiger partial charge in [0, 0.05) is 49.7 Å². The molecule has 6 heteroatoms. The highest BCUT2D eigenvalue weighted by molar-refractivity contribution is 6.22. The maximum absolute atomic E-state index is 8.97. The molecule has 0 saturated heterocycles. The lowest BCUT2D eigenvalue weighted by molar-refractivity contribution is 0.668. The van der Waals surface area contributed by atoms with Gasteiger partial charge in [0.05, 0.1) is 5.56 Å². The molecule has 57 heavy (non-hydrogen) atoms. The molecule has 0 aliphatic heterocycles. The van der Waals surface area contributed by atoms with E-state index in [1.165, 1.54) is 0 Å². The van der Waals surface area contributed by atoms with E-state index < -0.39 is 0 Å². The molecule has 3 aromatic heterocycles. The molecule has 0 radical (unpaired) electrons. The van der Waals surface area contributed by atoms with Gasteiger partial charge < -0.3 is 13.3 Å². The van der Waals surface area contributed by atoms with Crippen LogP contribution in [0.2, 0.25) is 0 Å². The van der Waals surface area contributed by atoms with Crippen molar-refractivity contribution in [3.63, 3.8) is 0 Å². The molecule has 6 nitrogen and oxygen atoms in total. The zero-order valence-electron chi connectivity index (χ0n) is 30.4. The first kappa shape index (κ1) is 32.6. The van der Waals surface area contributed by atoms with Crippen molar-refractivity contribution in [3.8, 4) is 22.3 Å². The largest absolute Gasteiger partial charge is 0.456 e. The number of aliphatic imine (C=N–C) groups is 2. The zero-order valence-corrected chi connectivity index (χ0v) is 30.4. The molecule has 8 aromatic carbocycles. The number of furan rings is 3. The summed E-state index contributed by atoms with van der Waals surface area (Å²) in [4.78, 5) is 9.87. The summed E-state index contributed by atoms with van der Waals surface area (Å²) in [5.74, 6) is 0.468. The Balaban J connectivity index is 1.08. The Labute approximate surface area is 326 Å². The second-order valence-corrected chi connectivity index (χ2v) is 14.0. The highest BCUT2D eigenvalue weighted by atomic mass is 16.3. The van der Waals surface area contributed by atoms with Gasteiger partial charge in [0.15, 0.2) is 11.7 Å². The molecule has 268 valence electrons. The number of rotatable bonds is 5. The topological polar surface area (TPSA) is 88.0 Å². The molecule has 0 aliphatic carbocycles. The van der Waals surface area contributed by atoms with Gasteiger partial charge in [0.1, 0.15) is 33.5 Å². The summed E-state index contributed by atoms with van der Waals surface area (Å²) in [6, 6.07) is 58.7. The number of fused-ring (bicyclic) bond motifs is 9. The zero-order chi connectivity index (χ0) is 37.9. The van der Waals surface area contributed by atoms with Crippen LogP contribution in [0.15, 0.2) is 199 Å². The van der Waals surface area contributed by atoms with Gasteiger partial charge in [0.25, 0.3) is 0 Å². The second kappa shape index (κ2) is 13.2. The number of para-hydroxylation sites is 2. The van der Waals surface area contributed by atoms with Gasteiger partial charge in [-0.1, -0.05) is 133 Å². The van der Waals surface area contributed by atoms with E-state index in [4.69, 9.17) is 28.6 Å². The van der Waals surface area contributed by atoms with Crippen molar-refractivity contribution in [3.05, 3.63) is 193 Å². The van der Waals surface area contributed by atoms with Crippen LogP contribution < -0.4 is 0 Å². The van der Waals surface area contributed by atoms with Gasteiger partial charge in [-0.3, -0.25) is 5.41 Å². The van der Waals surface area contributed by atoms with E-state index in [0.29, 0.717) is 22.5 Å². The molecule has 0 aliphatic rings. The molecular formula is C51H31N3O3. The molecule has 1 N–H and O–H groups in total. The van der Waals surface area contributed by atoms with E-state index in [9.17, 15) is 0 Å². The van der Waals surface area contributed by atoms with E-state index in [1.807, 2.05) is 121 Å². The average Bonchev–Trinajstić information content (AvgIpc) is 3.97. The Kier molecular flexibility index (Phi) is 7.54. The lowest BCUT2D eigenvalue weighted by Gasteiger charge is -2.08. The van der Waals surface area contributed by atoms with Crippen LogP contribution in [0.1, 0.15) is 16.7 Å². The normalized spacial score (nSPS) is 12.3. The summed E-state index contributed by atoms with van der Waals surface area (Å²) in [5.41, 5.74) is 11.3. The fourth-order valence-corrected chi connectivity index (χ4v) is 8.07. The number of hydrogen-bond acceptors (Lipinski definition) is 4. The van der Waals surface area contributed by atoms with Gasteiger partial charge >= 0.3 is 0 Å². The van der Waals surface area contributed by atoms with E-state index in [0.717, 1.165) is 88.0 Å². The summed E-state index contributed by atoms with van der Waals surface area (Å²) < 4.78 is 19.3. The highest BCUT2D eigenvalue weighted by Crippen LogP contribution is 2.43. The van der Waals surface area contributed by atoms with Crippen molar-refractivity contribution in [2.45, 2.75) is 0 Å². The Morgan fingerprint density at radius 1 is 0.456 bits per heavy atom. The Bertz CT molecular complexity index is 3420. The minimum Gasteiger partial charge on any atom is -0.456 e. The first-order valence-electron chi connectivity index (χ1n) is 18.8. The average molecular weight is 734 g/mol. The molecule has 0 amide bonds. The SMILES string of the molecule is N=C(N=C(N=Cc1cccc2oc3ccc(-c4cccc5oc6cccc(-c7ccccc7)c6c45)cc3c12)c1cccc2c1oc1ccccc12)c1ccccc1. The summed E-state index contributed by atoms with van der Waals surface area (Å²) in [7, 11) is 0. The number of benzene rings is 8. The van der Waals surface area contributed by atoms with Crippen molar-refractivity contribution in [2.75, 3.05) is 0 Å². The Hall–Kier alpha value is -7.83. The van der Waals surface area contributed by atoms with Crippen LogP contribution in [0.25, 0.3) is 88.1 Å². The number of hydrogen-bond donors (Lipinski definition) is 1. The molecule has 11 aromatic rings. The molecule has 11 rings (SSSR count). The third kappa shape index (κ3) is 5.46. The lowest BCUT2D eigenvalue weighted by atomic mass is 9.94. The third-order valence-corrected chi connectivity index (χ3v) is 10.7. The third-order valence-electron chi connectivity index (χ3n) is 10.7. The van der Waals surface area contributed by atoms with Crippen molar-refractivity contribution in [1.29, 1.82) is 5.41 Å². The maximum atomic E-state index is 8.97. The quantitative estimate of drug-likeness (QED) is 0.141. The van der Waals surface area contributed by atoms with E-state index in [2.05, 4.69) is 60.7 Å². The van der Waals surface area contributed by atoms with E-state index in [1.54, 1.807) is 0 Å². The number of nitrogens with one attached hydrogen (secondary N) is 1. The molecule has 0 saturated carbocycles. The first-order valence-corrected chi connectivity index (χ1v) is 18.8. The minimum absolute atomic E-state index is 0.101. The summed E-state index contributed by atoms with van der Waals surface area (Å²) in [5, 5.41) is 15.0. The fraction of sp³-hybridized carbons (Fsp3) is 0. The molecular weight excluding hydrogens is 703 g/mol. The Morgan fingerprint density at radius 2 is 1.05 bits per heavy atom. The predicted octanol–water partition coefficient (Wildman–Crippen LogP) is 13.6. The van der Waals surface area contributed by atoms with E-state index in [-0.39, 0.29) is 5.84 Å². The molecule has 0 fully saturated rings. The van der Waals surface area contributed by atoms with Crippen LogP contribution in [0.3, 0.4) is 0 Å². The van der Waals surface area contributed by atoms with Crippen molar-refractivity contribution >= 4 is 83.7 Å². The fourth-order valence-electron chi connectivity index (χ4n) is 8.07. The van der Waals surface area contributed by atoms with Gasteiger partial charge in [-0.15, -0.1) is 0 Å².